The zero-order chi connectivity index (χ0) is 15.2. The van der Waals surface area contributed by atoms with Crippen LogP contribution in [0.4, 0.5) is 10.1 Å². The molecule has 21 heavy (non-hydrogen) atoms. The van der Waals surface area contributed by atoms with E-state index in [4.69, 9.17) is 0 Å². The number of amides is 2. The maximum absolute atomic E-state index is 13.3. The minimum atomic E-state index is -0.315. The SMILES string of the molecule is Cc1ccc(NCC(=O)NCC(=O)N2CCCC2)cc1F. The summed E-state index contributed by atoms with van der Waals surface area (Å²) in [4.78, 5) is 25.1. The molecule has 0 aromatic heterocycles. The van der Waals surface area contributed by atoms with E-state index >= 15 is 0 Å². The Morgan fingerprint density at radius 3 is 2.62 bits per heavy atom. The number of nitrogens with one attached hydrogen (secondary N) is 2. The summed E-state index contributed by atoms with van der Waals surface area (Å²) in [6.45, 7) is 3.25. The highest BCUT2D eigenvalue weighted by Gasteiger charge is 2.17. The predicted molar refractivity (Wildman–Crippen MR) is 78.5 cm³/mol. The number of anilines is 1. The molecule has 0 bridgehead atoms. The Bertz CT molecular complexity index is 528. The number of benzene rings is 1. The van der Waals surface area contributed by atoms with E-state index in [9.17, 15) is 14.0 Å². The van der Waals surface area contributed by atoms with E-state index in [2.05, 4.69) is 10.6 Å². The van der Waals surface area contributed by atoms with Crippen LogP contribution in [0.5, 0.6) is 0 Å². The molecule has 5 nitrogen and oxygen atoms in total. The Hall–Kier alpha value is -2.11. The first-order valence-electron chi connectivity index (χ1n) is 7.11. The highest BCUT2D eigenvalue weighted by atomic mass is 19.1. The second kappa shape index (κ2) is 7.06. The Kier molecular flexibility index (Phi) is 5.14. The van der Waals surface area contributed by atoms with Gasteiger partial charge in [-0.1, -0.05) is 6.07 Å². The van der Waals surface area contributed by atoms with Crippen LogP contribution in [0.1, 0.15) is 18.4 Å². The molecule has 1 aromatic carbocycles. The molecule has 0 saturated carbocycles. The van der Waals surface area contributed by atoms with Gasteiger partial charge in [-0.2, -0.15) is 0 Å². The molecule has 2 rings (SSSR count). The number of halogens is 1. The van der Waals surface area contributed by atoms with Crippen LogP contribution >= 0.6 is 0 Å². The average molecular weight is 293 g/mol. The van der Waals surface area contributed by atoms with Gasteiger partial charge in [-0.25, -0.2) is 4.39 Å². The van der Waals surface area contributed by atoms with Crippen LogP contribution in [0, 0.1) is 12.7 Å². The van der Waals surface area contributed by atoms with Crippen LogP contribution in [0.15, 0.2) is 18.2 Å². The van der Waals surface area contributed by atoms with Gasteiger partial charge in [0.1, 0.15) is 5.82 Å². The smallest absolute Gasteiger partial charge is 0.241 e. The van der Waals surface area contributed by atoms with E-state index in [1.165, 1.54) is 6.07 Å². The third kappa shape index (κ3) is 4.44. The normalized spacial score (nSPS) is 14.1. The van der Waals surface area contributed by atoms with Gasteiger partial charge < -0.3 is 15.5 Å². The molecule has 0 spiro atoms. The van der Waals surface area contributed by atoms with Crippen molar-refractivity contribution in [3.63, 3.8) is 0 Å². The third-order valence-corrected chi connectivity index (χ3v) is 3.52. The summed E-state index contributed by atoms with van der Waals surface area (Å²) < 4.78 is 13.3. The van der Waals surface area contributed by atoms with Crippen molar-refractivity contribution in [2.75, 3.05) is 31.5 Å². The van der Waals surface area contributed by atoms with Crippen molar-refractivity contribution >= 4 is 17.5 Å². The molecule has 1 saturated heterocycles. The van der Waals surface area contributed by atoms with Crippen LogP contribution < -0.4 is 10.6 Å². The first-order valence-corrected chi connectivity index (χ1v) is 7.11. The van der Waals surface area contributed by atoms with E-state index < -0.39 is 0 Å². The van der Waals surface area contributed by atoms with Gasteiger partial charge >= 0.3 is 0 Å². The van der Waals surface area contributed by atoms with Gasteiger partial charge in [-0.05, 0) is 37.5 Å². The first kappa shape index (κ1) is 15.3. The van der Waals surface area contributed by atoms with E-state index in [1.807, 2.05) is 0 Å². The highest BCUT2D eigenvalue weighted by molar-refractivity contribution is 5.86. The Morgan fingerprint density at radius 1 is 1.24 bits per heavy atom. The van der Waals surface area contributed by atoms with Crippen molar-refractivity contribution in [2.24, 2.45) is 0 Å². The molecule has 1 aliphatic heterocycles. The summed E-state index contributed by atoms with van der Waals surface area (Å²) in [6, 6.07) is 4.70. The minimum Gasteiger partial charge on any atom is -0.376 e. The molecule has 0 atom stereocenters. The molecule has 1 aromatic rings. The van der Waals surface area contributed by atoms with Crippen LogP contribution in [0.3, 0.4) is 0 Å². The summed E-state index contributed by atoms with van der Waals surface area (Å²) >= 11 is 0. The molecule has 0 aliphatic carbocycles. The van der Waals surface area contributed by atoms with Crippen molar-refractivity contribution in [3.8, 4) is 0 Å². The molecular weight excluding hydrogens is 273 g/mol. The Morgan fingerprint density at radius 2 is 1.95 bits per heavy atom. The fourth-order valence-electron chi connectivity index (χ4n) is 2.20. The van der Waals surface area contributed by atoms with Crippen molar-refractivity contribution in [1.29, 1.82) is 0 Å². The number of carbonyl (C=O) groups excluding carboxylic acids is 2. The molecule has 1 fully saturated rings. The summed E-state index contributed by atoms with van der Waals surface area (Å²) in [5.41, 5.74) is 1.10. The molecule has 2 N–H and O–H groups in total. The molecule has 1 heterocycles. The molecule has 1 aliphatic rings. The van der Waals surface area contributed by atoms with Crippen LogP contribution in [0.2, 0.25) is 0 Å². The topological polar surface area (TPSA) is 61.4 Å². The maximum atomic E-state index is 13.3. The minimum absolute atomic E-state index is 0.00970. The van der Waals surface area contributed by atoms with Gasteiger partial charge in [0.05, 0.1) is 13.1 Å². The lowest BCUT2D eigenvalue weighted by Gasteiger charge is -2.15. The van der Waals surface area contributed by atoms with Crippen LogP contribution in [-0.4, -0.2) is 42.9 Å². The quantitative estimate of drug-likeness (QED) is 0.860. The van der Waals surface area contributed by atoms with Crippen molar-refractivity contribution in [3.05, 3.63) is 29.6 Å². The van der Waals surface area contributed by atoms with Crippen LogP contribution in [0.25, 0.3) is 0 Å². The molecule has 0 radical (unpaired) electrons. The Labute approximate surface area is 123 Å². The molecule has 114 valence electrons. The number of likely N-dealkylation sites (tertiary alicyclic amines) is 1. The largest absolute Gasteiger partial charge is 0.376 e. The van der Waals surface area contributed by atoms with Gasteiger partial charge in [-0.15, -0.1) is 0 Å². The fourth-order valence-corrected chi connectivity index (χ4v) is 2.20. The highest BCUT2D eigenvalue weighted by Crippen LogP contribution is 2.13. The van der Waals surface area contributed by atoms with Gasteiger partial charge in [0.25, 0.3) is 0 Å². The standard InChI is InChI=1S/C15H20FN3O2/c1-11-4-5-12(8-13(11)16)17-9-14(20)18-10-15(21)19-6-2-3-7-19/h4-5,8,17H,2-3,6-7,9-10H2,1H3,(H,18,20). The fraction of sp³-hybridized carbons (Fsp3) is 0.467. The lowest BCUT2D eigenvalue weighted by atomic mass is 10.2. The summed E-state index contributed by atoms with van der Waals surface area (Å²) in [6.07, 6.45) is 2.06. The number of rotatable bonds is 5. The number of aryl methyl sites for hydroxylation is 1. The molecular formula is C15H20FN3O2. The second-order valence-electron chi connectivity index (χ2n) is 5.18. The average Bonchev–Trinajstić information content (AvgIpc) is 3.00. The van der Waals surface area contributed by atoms with Gasteiger partial charge in [0, 0.05) is 18.8 Å². The van der Waals surface area contributed by atoms with Gasteiger partial charge in [-0.3, -0.25) is 9.59 Å². The van der Waals surface area contributed by atoms with Crippen molar-refractivity contribution < 1.29 is 14.0 Å². The lowest BCUT2D eigenvalue weighted by molar-refractivity contribution is -0.131. The summed E-state index contributed by atoms with van der Waals surface area (Å²) in [5.74, 6) is -0.657. The van der Waals surface area contributed by atoms with Gasteiger partial charge in [0.15, 0.2) is 0 Å². The van der Waals surface area contributed by atoms with E-state index in [1.54, 1.807) is 24.0 Å². The number of nitrogens with zero attached hydrogens (tertiary/aromatic N) is 1. The third-order valence-electron chi connectivity index (χ3n) is 3.52. The van der Waals surface area contributed by atoms with Crippen LogP contribution in [-0.2, 0) is 9.59 Å². The number of hydrogen-bond acceptors (Lipinski definition) is 3. The predicted octanol–water partition coefficient (Wildman–Crippen LogP) is 1.28. The number of hydrogen-bond donors (Lipinski definition) is 2. The second-order valence-corrected chi connectivity index (χ2v) is 5.18. The zero-order valence-corrected chi connectivity index (χ0v) is 12.1. The lowest BCUT2D eigenvalue weighted by Crippen LogP contribution is -2.40. The molecule has 2 amide bonds. The molecule has 0 unspecified atom stereocenters. The number of carbonyl (C=O) groups is 2. The van der Waals surface area contributed by atoms with E-state index in [-0.39, 0.29) is 30.7 Å². The van der Waals surface area contributed by atoms with Gasteiger partial charge in [0.2, 0.25) is 11.8 Å². The van der Waals surface area contributed by atoms with E-state index in [0.29, 0.717) is 11.3 Å². The summed E-state index contributed by atoms with van der Waals surface area (Å²) in [7, 11) is 0. The molecule has 6 heteroatoms. The van der Waals surface area contributed by atoms with Crippen molar-refractivity contribution in [1.82, 2.24) is 10.2 Å². The first-order chi connectivity index (χ1) is 10.1. The maximum Gasteiger partial charge on any atom is 0.241 e. The Balaban J connectivity index is 1.71. The van der Waals surface area contributed by atoms with E-state index in [0.717, 1.165) is 25.9 Å². The monoisotopic (exact) mass is 293 g/mol. The van der Waals surface area contributed by atoms with Crippen molar-refractivity contribution in [2.45, 2.75) is 19.8 Å². The zero-order valence-electron chi connectivity index (χ0n) is 12.1. The summed E-state index contributed by atoms with van der Waals surface area (Å²) in [5, 5.41) is 5.40.